The van der Waals surface area contributed by atoms with Crippen LogP contribution in [0.4, 0.5) is 0 Å². The van der Waals surface area contributed by atoms with Gasteiger partial charge in [0.25, 0.3) is 5.91 Å². The van der Waals surface area contributed by atoms with Gasteiger partial charge in [-0.15, -0.1) is 0 Å². The van der Waals surface area contributed by atoms with Crippen LogP contribution < -0.4 is 0 Å². The van der Waals surface area contributed by atoms with Crippen LogP contribution in [0.15, 0.2) is 78.9 Å². The number of amides is 1. The fourth-order valence-corrected chi connectivity index (χ4v) is 4.16. The SMILES string of the molecule is Cc1cccc(C(=O)N2CCN(C(c3ccccc3)c3ccc(Cl)cc3)CC2)c1. The average Bonchev–Trinajstić information content (AvgIpc) is 2.76. The smallest absolute Gasteiger partial charge is 0.253 e. The number of hydrogen-bond acceptors (Lipinski definition) is 2. The van der Waals surface area contributed by atoms with Crippen LogP contribution in [0.3, 0.4) is 0 Å². The molecule has 1 atom stereocenters. The molecule has 1 heterocycles. The van der Waals surface area contributed by atoms with E-state index in [9.17, 15) is 4.79 Å². The predicted molar refractivity (Wildman–Crippen MR) is 118 cm³/mol. The van der Waals surface area contributed by atoms with Crippen LogP contribution in [-0.4, -0.2) is 41.9 Å². The van der Waals surface area contributed by atoms with Gasteiger partial charge >= 0.3 is 0 Å². The van der Waals surface area contributed by atoms with E-state index >= 15 is 0 Å². The molecule has 1 aliphatic rings. The summed E-state index contributed by atoms with van der Waals surface area (Å²) in [6.45, 7) is 5.14. The van der Waals surface area contributed by atoms with Crippen molar-refractivity contribution in [3.05, 3.63) is 106 Å². The number of carbonyl (C=O) groups is 1. The summed E-state index contributed by atoms with van der Waals surface area (Å²) in [5, 5.41) is 0.745. The maximum atomic E-state index is 12.9. The molecule has 148 valence electrons. The van der Waals surface area contributed by atoms with Gasteiger partial charge in [-0.25, -0.2) is 0 Å². The topological polar surface area (TPSA) is 23.6 Å². The number of nitrogens with zero attached hydrogens (tertiary/aromatic N) is 2. The first kappa shape index (κ1) is 19.7. The fourth-order valence-electron chi connectivity index (χ4n) is 4.04. The maximum Gasteiger partial charge on any atom is 0.253 e. The molecule has 1 saturated heterocycles. The molecule has 0 spiro atoms. The molecule has 0 radical (unpaired) electrons. The zero-order valence-electron chi connectivity index (χ0n) is 16.6. The Hall–Kier alpha value is -2.62. The Morgan fingerprint density at radius 2 is 1.48 bits per heavy atom. The van der Waals surface area contributed by atoms with Crippen molar-refractivity contribution in [1.29, 1.82) is 0 Å². The molecule has 3 aromatic rings. The van der Waals surface area contributed by atoms with Crippen LogP contribution in [-0.2, 0) is 0 Å². The molecular formula is C25H25ClN2O. The lowest BCUT2D eigenvalue weighted by Crippen LogP contribution is -2.49. The van der Waals surface area contributed by atoms with Gasteiger partial charge in [-0.05, 0) is 42.3 Å². The normalized spacial score (nSPS) is 15.9. The van der Waals surface area contributed by atoms with Gasteiger partial charge in [-0.2, -0.15) is 0 Å². The number of hydrogen-bond donors (Lipinski definition) is 0. The van der Waals surface area contributed by atoms with E-state index in [1.807, 2.05) is 54.3 Å². The molecule has 1 amide bonds. The second-order valence-corrected chi connectivity index (χ2v) is 8.00. The molecule has 4 rings (SSSR count). The van der Waals surface area contributed by atoms with Gasteiger partial charge in [0.05, 0.1) is 6.04 Å². The second-order valence-electron chi connectivity index (χ2n) is 7.56. The lowest BCUT2D eigenvalue weighted by Gasteiger charge is -2.40. The highest BCUT2D eigenvalue weighted by molar-refractivity contribution is 6.30. The highest BCUT2D eigenvalue weighted by Crippen LogP contribution is 2.30. The van der Waals surface area contributed by atoms with Crippen LogP contribution in [0.2, 0.25) is 5.02 Å². The Bertz CT molecular complexity index is 964. The molecule has 4 heteroatoms. The van der Waals surface area contributed by atoms with Gasteiger partial charge in [-0.1, -0.05) is 71.8 Å². The van der Waals surface area contributed by atoms with Crippen molar-refractivity contribution in [2.45, 2.75) is 13.0 Å². The molecule has 0 bridgehead atoms. The first-order valence-electron chi connectivity index (χ1n) is 10.0. The van der Waals surface area contributed by atoms with E-state index in [0.717, 1.165) is 42.3 Å². The van der Waals surface area contributed by atoms with E-state index in [0.29, 0.717) is 0 Å². The largest absolute Gasteiger partial charge is 0.336 e. The maximum absolute atomic E-state index is 12.9. The Kier molecular flexibility index (Phi) is 5.98. The highest BCUT2D eigenvalue weighted by Gasteiger charge is 2.28. The number of halogens is 1. The Balaban J connectivity index is 1.52. The molecule has 0 saturated carbocycles. The number of aryl methyl sites for hydroxylation is 1. The molecule has 0 aromatic heterocycles. The molecule has 29 heavy (non-hydrogen) atoms. The number of rotatable bonds is 4. The molecule has 1 fully saturated rings. The van der Waals surface area contributed by atoms with Crippen molar-refractivity contribution in [2.75, 3.05) is 26.2 Å². The van der Waals surface area contributed by atoms with E-state index < -0.39 is 0 Å². The summed E-state index contributed by atoms with van der Waals surface area (Å²) in [6.07, 6.45) is 0. The summed E-state index contributed by atoms with van der Waals surface area (Å²) >= 11 is 6.11. The first-order chi connectivity index (χ1) is 14.1. The van der Waals surface area contributed by atoms with Crippen molar-refractivity contribution >= 4 is 17.5 Å². The van der Waals surface area contributed by atoms with Gasteiger partial charge in [0.1, 0.15) is 0 Å². The van der Waals surface area contributed by atoms with Gasteiger partial charge in [0, 0.05) is 36.8 Å². The third-order valence-corrected chi connectivity index (χ3v) is 5.78. The van der Waals surface area contributed by atoms with Crippen LogP contribution in [0, 0.1) is 6.92 Å². The van der Waals surface area contributed by atoms with Crippen molar-refractivity contribution < 1.29 is 4.79 Å². The highest BCUT2D eigenvalue weighted by atomic mass is 35.5. The van der Waals surface area contributed by atoms with E-state index in [2.05, 4.69) is 41.3 Å². The zero-order valence-corrected chi connectivity index (χ0v) is 17.3. The molecule has 1 aliphatic heterocycles. The Morgan fingerprint density at radius 1 is 0.828 bits per heavy atom. The van der Waals surface area contributed by atoms with Crippen LogP contribution >= 0.6 is 11.6 Å². The quantitative estimate of drug-likeness (QED) is 0.597. The van der Waals surface area contributed by atoms with Crippen LogP contribution in [0.25, 0.3) is 0 Å². The zero-order chi connectivity index (χ0) is 20.2. The van der Waals surface area contributed by atoms with Crippen molar-refractivity contribution in [2.24, 2.45) is 0 Å². The lowest BCUT2D eigenvalue weighted by atomic mass is 9.96. The van der Waals surface area contributed by atoms with Crippen molar-refractivity contribution in [3.8, 4) is 0 Å². The third-order valence-electron chi connectivity index (χ3n) is 5.53. The molecule has 0 aliphatic carbocycles. The summed E-state index contributed by atoms with van der Waals surface area (Å²) in [7, 11) is 0. The van der Waals surface area contributed by atoms with Gasteiger partial charge < -0.3 is 4.90 Å². The minimum atomic E-state index is 0.121. The van der Waals surface area contributed by atoms with E-state index in [1.165, 1.54) is 11.1 Å². The number of piperazine rings is 1. The standard InChI is InChI=1S/C25H25ClN2O/c1-19-6-5-9-22(18-19)25(29)28-16-14-27(15-17-28)24(20-7-3-2-4-8-20)21-10-12-23(26)13-11-21/h2-13,18,24H,14-17H2,1H3. The van der Waals surface area contributed by atoms with Crippen molar-refractivity contribution in [1.82, 2.24) is 9.80 Å². The predicted octanol–water partition coefficient (Wildman–Crippen LogP) is 5.20. The summed E-state index contributed by atoms with van der Waals surface area (Å²) in [5.74, 6) is 0.121. The van der Waals surface area contributed by atoms with Crippen LogP contribution in [0.5, 0.6) is 0 Å². The molecule has 1 unspecified atom stereocenters. The van der Waals surface area contributed by atoms with Gasteiger partial charge in [-0.3, -0.25) is 9.69 Å². The summed E-state index contributed by atoms with van der Waals surface area (Å²) < 4.78 is 0. The minimum Gasteiger partial charge on any atom is -0.336 e. The van der Waals surface area contributed by atoms with E-state index in [1.54, 1.807) is 0 Å². The van der Waals surface area contributed by atoms with E-state index in [4.69, 9.17) is 11.6 Å². The first-order valence-corrected chi connectivity index (χ1v) is 10.4. The van der Waals surface area contributed by atoms with Crippen molar-refractivity contribution in [3.63, 3.8) is 0 Å². The molecule has 3 aromatic carbocycles. The summed E-state index contributed by atoms with van der Waals surface area (Å²) in [5.41, 5.74) is 4.37. The lowest BCUT2D eigenvalue weighted by molar-refractivity contribution is 0.0597. The number of benzene rings is 3. The molecule has 3 nitrogen and oxygen atoms in total. The van der Waals surface area contributed by atoms with Gasteiger partial charge in [0.2, 0.25) is 0 Å². The summed E-state index contributed by atoms with van der Waals surface area (Å²) in [6, 6.07) is 26.6. The average molecular weight is 405 g/mol. The molecule has 0 N–H and O–H groups in total. The number of carbonyl (C=O) groups excluding carboxylic acids is 1. The summed E-state index contributed by atoms with van der Waals surface area (Å²) in [4.78, 5) is 17.3. The monoisotopic (exact) mass is 404 g/mol. The van der Waals surface area contributed by atoms with Gasteiger partial charge in [0.15, 0.2) is 0 Å². The Labute approximate surface area is 177 Å². The molecular weight excluding hydrogens is 380 g/mol. The second kappa shape index (κ2) is 8.81. The fraction of sp³-hybridized carbons (Fsp3) is 0.240. The Morgan fingerprint density at radius 3 is 2.14 bits per heavy atom. The third kappa shape index (κ3) is 4.52. The van der Waals surface area contributed by atoms with Crippen LogP contribution in [0.1, 0.15) is 33.1 Å². The minimum absolute atomic E-state index is 0.121. The van der Waals surface area contributed by atoms with E-state index in [-0.39, 0.29) is 11.9 Å².